The van der Waals surface area contributed by atoms with Gasteiger partial charge in [0.2, 0.25) is 5.91 Å². The topological polar surface area (TPSA) is 95.6 Å². The van der Waals surface area contributed by atoms with E-state index in [1.807, 2.05) is 0 Å². The normalized spacial score (nSPS) is 12.0. The van der Waals surface area contributed by atoms with Crippen molar-refractivity contribution in [2.75, 3.05) is 6.54 Å². The van der Waals surface area contributed by atoms with Crippen LogP contribution in [0.25, 0.3) is 0 Å². The Morgan fingerprint density at radius 2 is 1.88 bits per heavy atom. The molecule has 1 amide bonds. The Morgan fingerprint density at radius 3 is 2.54 bits per heavy atom. The van der Waals surface area contributed by atoms with E-state index in [1.54, 1.807) is 24.3 Å². The number of phenols is 2. The Balaban J connectivity index is 1.84. The lowest BCUT2D eigenvalue weighted by atomic mass is 10.1. The molecule has 2 aromatic rings. The van der Waals surface area contributed by atoms with Crippen molar-refractivity contribution >= 4 is 29.1 Å². The molecule has 1 atom stereocenters. The van der Waals surface area contributed by atoms with Crippen LogP contribution in [0.2, 0.25) is 10.0 Å². The van der Waals surface area contributed by atoms with E-state index in [1.165, 1.54) is 12.1 Å². The number of rotatable bonds is 6. The van der Waals surface area contributed by atoms with Crippen LogP contribution in [-0.4, -0.2) is 28.7 Å². The summed E-state index contributed by atoms with van der Waals surface area (Å²) in [6.45, 7) is 0.366. The van der Waals surface area contributed by atoms with E-state index in [0.29, 0.717) is 29.4 Å². The van der Waals surface area contributed by atoms with Crippen molar-refractivity contribution in [2.24, 2.45) is 5.73 Å². The van der Waals surface area contributed by atoms with Crippen LogP contribution >= 0.6 is 23.2 Å². The second-order valence-corrected chi connectivity index (χ2v) is 6.25. The summed E-state index contributed by atoms with van der Waals surface area (Å²) < 4.78 is 0. The van der Waals surface area contributed by atoms with Crippen molar-refractivity contribution in [3.8, 4) is 11.5 Å². The summed E-state index contributed by atoms with van der Waals surface area (Å²) in [5.74, 6) is -0.651. The number of benzene rings is 2. The molecule has 0 spiro atoms. The molecule has 0 heterocycles. The van der Waals surface area contributed by atoms with Crippen LogP contribution < -0.4 is 11.1 Å². The van der Waals surface area contributed by atoms with Crippen LogP contribution in [0.4, 0.5) is 0 Å². The molecule has 128 valence electrons. The number of amides is 1. The van der Waals surface area contributed by atoms with Crippen LogP contribution in [0.5, 0.6) is 11.5 Å². The van der Waals surface area contributed by atoms with E-state index >= 15 is 0 Å². The van der Waals surface area contributed by atoms with Gasteiger partial charge in [-0.25, -0.2) is 0 Å². The maximum Gasteiger partial charge on any atom is 0.237 e. The number of nitrogens with one attached hydrogen (secondary N) is 1. The molecule has 0 bridgehead atoms. The first-order valence-electron chi connectivity index (χ1n) is 7.35. The lowest BCUT2D eigenvalue weighted by Gasteiger charge is -2.13. The second kappa shape index (κ2) is 8.24. The van der Waals surface area contributed by atoms with E-state index in [-0.39, 0.29) is 17.4 Å². The van der Waals surface area contributed by atoms with Gasteiger partial charge in [0.15, 0.2) is 11.5 Å². The third-order valence-electron chi connectivity index (χ3n) is 3.54. The number of halogens is 2. The second-order valence-electron chi connectivity index (χ2n) is 5.41. The maximum atomic E-state index is 12.0. The Hall–Kier alpha value is -1.95. The molecule has 0 unspecified atom stereocenters. The molecular weight excluding hydrogens is 351 g/mol. The van der Waals surface area contributed by atoms with Crippen molar-refractivity contribution in [3.05, 3.63) is 57.6 Å². The predicted molar refractivity (Wildman–Crippen MR) is 94.6 cm³/mol. The van der Waals surface area contributed by atoms with Gasteiger partial charge in [0.25, 0.3) is 0 Å². The lowest BCUT2D eigenvalue weighted by molar-refractivity contribution is -0.122. The van der Waals surface area contributed by atoms with Crippen molar-refractivity contribution in [1.29, 1.82) is 0 Å². The Kier molecular flexibility index (Phi) is 6.31. The van der Waals surface area contributed by atoms with Gasteiger partial charge in [-0.3, -0.25) is 4.79 Å². The van der Waals surface area contributed by atoms with Crippen LogP contribution in [0.3, 0.4) is 0 Å². The quantitative estimate of drug-likeness (QED) is 0.589. The molecule has 0 saturated heterocycles. The van der Waals surface area contributed by atoms with Gasteiger partial charge >= 0.3 is 0 Å². The van der Waals surface area contributed by atoms with Gasteiger partial charge in [0.1, 0.15) is 0 Å². The first kappa shape index (κ1) is 18.4. The highest BCUT2D eigenvalue weighted by molar-refractivity contribution is 6.35. The Labute approximate surface area is 150 Å². The smallest absolute Gasteiger partial charge is 0.237 e. The summed E-state index contributed by atoms with van der Waals surface area (Å²) in [6, 6.07) is 8.86. The molecule has 0 fully saturated rings. The molecular formula is C17H18Cl2N2O3. The molecule has 5 nitrogen and oxygen atoms in total. The lowest BCUT2D eigenvalue weighted by Crippen LogP contribution is -2.42. The Morgan fingerprint density at radius 1 is 1.12 bits per heavy atom. The zero-order valence-electron chi connectivity index (χ0n) is 12.8. The van der Waals surface area contributed by atoms with Gasteiger partial charge in [0, 0.05) is 16.6 Å². The monoisotopic (exact) mass is 368 g/mol. The summed E-state index contributed by atoms with van der Waals surface area (Å²) in [7, 11) is 0. The number of hydrogen-bond donors (Lipinski definition) is 4. The maximum absolute atomic E-state index is 12.0. The molecule has 0 aliphatic heterocycles. The van der Waals surface area contributed by atoms with Crippen molar-refractivity contribution in [1.82, 2.24) is 5.32 Å². The highest BCUT2D eigenvalue weighted by atomic mass is 35.5. The van der Waals surface area contributed by atoms with E-state index in [4.69, 9.17) is 28.9 Å². The van der Waals surface area contributed by atoms with E-state index in [2.05, 4.69) is 5.32 Å². The Bertz CT molecular complexity index is 738. The molecule has 7 heteroatoms. The van der Waals surface area contributed by atoms with E-state index < -0.39 is 6.04 Å². The summed E-state index contributed by atoms with van der Waals surface area (Å²) >= 11 is 11.9. The molecule has 2 rings (SSSR count). The first-order valence-corrected chi connectivity index (χ1v) is 8.10. The predicted octanol–water partition coefficient (Wildman–Crippen LogP) is 2.63. The summed E-state index contributed by atoms with van der Waals surface area (Å²) in [5, 5.41) is 22.4. The average molecular weight is 369 g/mol. The molecule has 24 heavy (non-hydrogen) atoms. The third-order valence-corrected chi connectivity index (χ3v) is 4.13. The minimum Gasteiger partial charge on any atom is -0.504 e. The van der Waals surface area contributed by atoms with Crippen molar-refractivity contribution < 1.29 is 15.0 Å². The van der Waals surface area contributed by atoms with Gasteiger partial charge in [0.05, 0.1) is 6.04 Å². The fourth-order valence-corrected chi connectivity index (χ4v) is 2.69. The van der Waals surface area contributed by atoms with Crippen LogP contribution in [0, 0.1) is 0 Å². The number of phenolic OH excluding ortho intramolecular Hbond substituents is 2. The molecule has 2 aromatic carbocycles. The minimum atomic E-state index is -0.725. The van der Waals surface area contributed by atoms with Gasteiger partial charge < -0.3 is 21.3 Å². The van der Waals surface area contributed by atoms with Crippen molar-refractivity contribution in [3.63, 3.8) is 0 Å². The van der Waals surface area contributed by atoms with Gasteiger partial charge in [-0.15, -0.1) is 0 Å². The van der Waals surface area contributed by atoms with Gasteiger partial charge in [-0.1, -0.05) is 35.3 Å². The zero-order chi connectivity index (χ0) is 17.7. The number of aromatic hydroxyl groups is 2. The number of carbonyl (C=O) groups excluding carboxylic acids is 1. The van der Waals surface area contributed by atoms with E-state index in [0.717, 1.165) is 11.1 Å². The van der Waals surface area contributed by atoms with E-state index in [9.17, 15) is 15.0 Å². The third kappa shape index (κ3) is 5.03. The fourth-order valence-electron chi connectivity index (χ4n) is 2.20. The summed E-state index contributed by atoms with van der Waals surface area (Å²) in [5.41, 5.74) is 7.45. The summed E-state index contributed by atoms with van der Waals surface area (Å²) in [4.78, 5) is 12.0. The van der Waals surface area contributed by atoms with Crippen LogP contribution in [0.15, 0.2) is 36.4 Å². The summed E-state index contributed by atoms with van der Waals surface area (Å²) in [6.07, 6.45) is 0.815. The van der Waals surface area contributed by atoms with Crippen LogP contribution in [-0.2, 0) is 17.6 Å². The molecule has 0 aliphatic rings. The molecule has 0 saturated carbocycles. The fraction of sp³-hybridized carbons (Fsp3) is 0.235. The minimum absolute atomic E-state index is 0.176. The number of nitrogens with two attached hydrogens (primary N) is 1. The van der Waals surface area contributed by atoms with Gasteiger partial charge in [-0.05, 0) is 48.2 Å². The SMILES string of the molecule is N[C@H](Cc1ccc(Cl)cc1Cl)C(=O)NCCc1ccc(O)c(O)c1. The van der Waals surface area contributed by atoms with Gasteiger partial charge in [-0.2, -0.15) is 0 Å². The highest BCUT2D eigenvalue weighted by Gasteiger charge is 2.15. The number of hydrogen-bond acceptors (Lipinski definition) is 4. The average Bonchev–Trinajstić information content (AvgIpc) is 2.53. The van der Waals surface area contributed by atoms with Crippen LogP contribution in [0.1, 0.15) is 11.1 Å². The largest absolute Gasteiger partial charge is 0.504 e. The molecule has 5 N–H and O–H groups in total. The molecule has 0 radical (unpaired) electrons. The highest BCUT2D eigenvalue weighted by Crippen LogP contribution is 2.25. The van der Waals surface area contributed by atoms with Crippen molar-refractivity contribution in [2.45, 2.75) is 18.9 Å². The standard InChI is InChI=1S/C17H18Cl2N2O3/c18-12-3-2-11(13(19)9-12)8-14(20)17(24)21-6-5-10-1-4-15(22)16(23)7-10/h1-4,7,9,14,22-23H,5-6,8,20H2,(H,21,24)/t14-/m1/s1. The zero-order valence-corrected chi connectivity index (χ0v) is 14.3. The molecule has 0 aromatic heterocycles. The number of carbonyl (C=O) groups is 1. The first-order chi connectivity index (χ1) is 11.4. The molecule has 0 aliphatic carbocycles.